The fourth-order valence-corrected chi connectivity index (χ4v) is 1.66. The van der Waals surface area contributed by atoms with Crippen LogP contribution >= 0.6 is 0 Å². The molecule has 0 N–H and O–H groups in total. The molecule has 1 saturated heterocycles. The molecule has 1 aliphatic heterocycles. The lowest BCUT2D eigenvalue weighted by Gasteiger charge is -2.11. The largest absolute Gasteiger partial charge is 0.355 e. The monoisotopic (exact) mass is 154 g/mol. The summed E-state index contributed by atoms with van der Waals surface area (Å²) in [5.74, 6) is 0.363. The van der Waals surface area contributed by atoms with Crippen LogP contribution in [0.15, 0.2) is 12.2 Å². The first-order chi connectivity index (χ1) is 5.33. The van der Waals surface area contributed by atoms with Gasteiger partial charge in [0.15, 0.2) is 12.1 Å². The van der Waals surface area contributed by atoms with Crippen molar-refractivity contribution >= 4 is 5.78 Å². The van der Waals surface area contributed by atoms with Crippen LogP contribution in [0, 0.1) is 11.8 Å². The minimum Gasteiger partial charge on any atom is -0.355 e. The normalized spacial score (nSPS) is 41.5. The quantitative estimate of drug-likeness (QED) is 0.547. The lowest BCUT2D eigenvalue weighted by molar-refractivity contribution is -0.117. The van der Waals surface area contributed by atoms with Crippen molar-refractivity contribution in [2.45, 2.75) is 6.29 Å². The van der Waals surface area contributed by atoms with E-state index in [0.29, 0.717) is 6.61 Å². The maximum Gasteiger partial charge on any atom is 0.164 e. The number of allylic oxidation sites excluding steroid dienone is 1. The first-order valence-corrected chi connectivity index (χ1v) is 3.69. The number of methoxy groups -OCH3 is 1. The van der Waals surface area contributed by atoms with Crippen LogP contribution in [0.4, 0.5) is 0 Å². The van der Waals surface area contributed by atoms with Gasteiger partial charge in [0.05, 0.1) is 12.5 Å². The van der Waals surface area contributed by atoms with Crippen molar-refractivity contribution in [1.29, 1.82) is 0 Å². The Kier molecular flexibility index (Phi) is 1.55. The van der Waals surface area contributed by atoms with Gasteiger partial charge in [0.1, 0.15) is 0 Å². The second-order valence-corrected chi connectivity index (χ2v) is 2.88. The minimum absolute atomic E-state index is 0.0277. The third-order valence-corrected chi connectivity index (χ3v) is 2.30. The van der Waals surface area contributed by atoms with Crippen LogP contribution in [-0.2, 0) is 14.3 Å². The van der Waals surface area contributed by atoms with Crippen LogP contribution in [0.2, 0.25) is 0 Å². The smallest absolute Gasteiger partial charge is 0.164 e. The van der Waals surface area contributed by atoms with Gasteiger partial charge < -0.3 is 9.47 Å². The van der Waals surface area contributed by atoms with Gasteiger partial charge in [-0.05, 0) is 6.08 Å². The van der Waals surface area contributed by atoms with Crippen LogP contribution in [0.1, 0.15) is 0 Å². The van der Waals surface area contributed by atoms with Crippen molar-refractivity contribution in [3.8, 4) is 0 Å². The molecule has 0 aromatic rings. The Balaban J connectivity index is 2.16. The molecule has 0 radical (unpaired) electrons. The van der Waals surface area contributed by atoms with Gasteiger partial charge in [-0.2, -0.15) is 0 Å². The number of rotatable bonds is 1. The highest BCUT2D eigenvalue weighted by molar-refractivity contribution is 5.94. The standard InChI is InChI=1S/C8H10O3/c1-10-8-5-2-3-7(9)6(5)4-11-8/h2-3,5-6,8H,4H2,1H3/t5-,6-,8?/m0/s1. The Morgan fingerprint density at radius 3 is 3.27 bits per heavy atom. The summed E-state index contributed by atoms with van der Waals surface area (Å²) in [7, 11) is 1.60. The molecule has 60 valence electrons. The first-order valence-electron chi connectivity index (χ1n) is 3.69. The van der Waals surface area contributed by atoms with Gasteiger partial charge in [-0.3, -0.25) is 4.79 Å². The highest BCUT2D eigenvalue weighted by Crippen LogP contribution is 2.33. The molecular weight excluding hydrogens is 144 g/mol. The number of carbonyl (C=O) groups is 1. The molecule has 11 heavy (non-hydrogen) atoms. The molecule has 3 heteroatoms. The lowest BCUT2D eigenvalue weighted by atomic mass is 9.98. The molecule has 2 aliphatic rings. The van der Waals surface area contributed by atoms with Gasteiger partial charge in [-0.25, -0.2) is 0 Å². The summed E-state index contributed by atoms with van der Waals surface area (Å²) in [6.45, 7) is 0.509. The van der Waals surface area contributed by atoms with E-state index in [-0.39, 0.29) is 23.9 Å². The summed E-state index contributed by atoms with van der Waals surface area (Å²) < 4.78 is 10.3. The molecule has 3 atom stereocenters. The van der Waals surface area contributed by atoms with E-state index in [1.54, 1.807) is 13.2 Å². The molecule has 1 unspecified atom stereocenters. The zero-order chi connectivity index (χ0) is 7.84. The molecule has 0 bridgehead atoms. The summed E-state index contributed by atoms with van der Waals surface area (Å²) in [4.78, 5) is 11.1. The van der Waals surface area contributed by atoms with E-state index in [2.05, 4.69) is 0 Å². The predicted molar refractivity (Wildman–Crippen MR) is 37.9 cm³/mol. The average Bonchev–Trinajstić information content (AvgIpc) is 2.53. The van der Waals surface area contributed by atoms with Crippen LogP contribution < -0.4 is 0 Å². The maximum atomic E-state index is 11.1. The summed E-state index contributed by atoms with van der Waals surface area (Å²) in [6, 6.07) is 0. The van der Waals surface area contributed by atoms with Crippen molar-refractivity contribution in [3.63, 3.8) is 0 Å². The summed E-state index contributed by atoms with van der Waals surface area (Å²) in [5.41, 5.74) is 0. The zero-order valence-corrected chi connectivity index (χ0v) is 6.32. The van der Waals surface area contributed by atoms with Crippen LogP contribution in [-0.4, -0.2) is 25.8 Å². The second kappa shape index (κ2) is 2.43. The van der Waals surface area contributed by atoms with Crippen molar-refractivity contribution in [2.75, 3.05) is 13.7 Å². The van der Waals surface area contributed by atoms with E-state index >= 15 is 0 Å². The van der Waals surface area contributed by atoms with Crippen molar-refractivity contribution in [3.05, 3.63) is 12.2 Å². The van der Waals surface area contributed by atoms with Crippen LogP contribution in [0.3, 0.4) is 0 Å². The average molecular weight is 154 g/mol. The zero-order valence-electron chi connectivity index (χ0n) is 6.32. The second-order valence-electron chi connectivity index (χ2n) is 2.88. The SMILES string of the molecule is COC1OC[C@@H]2C(=O)C=C[C@H]12. The minimum atomic E-state index is -0.206. The highest BCUT2D eigenvalue weighted by Gasteiger charge is 2.42. The Morgan fingerprint density at radius 2 is 2.55 bits per heavy atom. The summed E-state index contributed by atoms with van der Waals surface area (Å²) >= 11 is 0. The topological polar surface area (TPSA) is 35.5 Å². The maximum absolute atomic E-state index is 11.1. The molecule has 0 aromatic heterocycles. The van der Waals surface area contributed by atoms with Gasteiger partial charge in [-0.15, -0.1) is 0 Å². The molecular formula is C8H10O3. The molecule has 3 nitrogen and oxygen atoms in total. The molecule has 0 spiro atoms. The van der Waals surface area contributed by atoms with Crippen LogP contribution in [0.5, 0.6) is 0 Å². The fourth-order valence-electron chi connectivity index (χ4n) is 1.66. The number of carbonyl (C=O) groups excluding carboxylic acids is 1. The molecule has 1 fully saturated rings. The molecule has 0 amide bonds. The third-order valence-electron chi connectivity index (χ3n) is 2.30. The van der Waals surface area contributed by atoms with E-state index in [1.807, 2.05) is 6.08 Å². The Hall–Kier alpha value is -0.670. The fraction of sp³-hybridized carbons (Fsp3) is 0.625. The van der Waals surface area contributed by atoms with E-state index in [9.17, 15) is 4.79 Å². The number of fused-ring (bicyclic) bond motifs is 1. The number of hydrogen-bond acceptors (Lipinski definition) is 3. The predicted octanol–water partition coefficient (Wildman–Crippen LogP) is 0.360. The van der Waals surface area contributed by atoms with Gasteiger partial charge in [0.25, 0.3) is 0 Å². The molecule has 1 aliphatic carbocycles. The van der Waals surface area contributed by atoms with Gasteiger partial charge >= 0.3 is 0 Å². The lowest BCUT2D eigenvalue weighted by Crippen LogP contribution is -2.19. The van der Waals surface area contributed by atoms with Crippen LogP contribution in [0.25, 0.3) is 0 Å². The first kappa shape index (κ1) is 7.00. The van der Waals surface area contributed by atoms with E-state index in [4.69, 9.17) is 9.47 Å². The number of ether oxygens (including phenoxy) is 2. The summed E-state index contributed by atoms with van der Waals surface area (Å²) in [6.07, 6.45) is 3.31. The van der Waals surface area contributed by atoms with Gasteiger partial charge in [0, 0.05) is 13.0 Å². The third kappa shape index (κ3) is 0.921. The number of hydrogen-bond donors (Lipinski definition) is 0. The van der Waals surface area contributed by atoms with Crippen molar-refractivity contribution in [1.82, 2.24) is 0 Å². The Morgan fingerprint density at radius 1 is 1.73 bits per heavy atom. The highest BCUT2D eigenvalue weighted by atomic mass is 16.7. The van der Waals surface area contributed by atoms with Gasteiger partial charge in [0.2, 0.25) is 0 Å². The van der Waals surface area contributed by atoms with Crippen molar-refractivity contribution < 1.29 is 14.3 Å². The van der Waals surface area contributed by atoms with Crippen molar-refractivity contribution in [2.24, 2.45) is 11.8 Å². The molecule has 0 saturated carbocycles. The Bertz CT molecular complexity index is 209. The number of ketones is 1. The Labute approximate surface area is 65.0 Å². The van der Waals surface area contributed by atoms with E-state index in [0.717, 1.165) is 0 Å². The molecule has 1 heterocycles. The van der Waals surface area contributed by atoms with E-state index in [1.165, 1.54) is 0 Å². The summed E-state index contributed by atoms with van der Waals surface area (Å²) in [5, 5.41) is 0. The molecule has 0 aromatic carbocycles. The van der Waals surface area contributed by atoms with Gasteiger partial charge in [-0.1, -0.05) is 6.08 Å². The van der Waals surface area contributed by atoms with E-state index < -0.39 is 0 Å². The molecule has 2 rings (SSSR count).